The monoisotopic (exact) mass is 332 g/mol. The Morgan fingerprint density at radius 3 is 2.33 bits per heavy atom. The lowest BCUT2D eigenvalue weighted by Crippen LogP contribution is -2.44. The molecule has 1 N–H and O–H groups in total. The molecule has 24 heavy (non-hydrogen) atoms. The molecule has 0 radical (unpaired) electrons. The van der Waals surface area contributed by atoms with E-state index in [1.807, 2.05) is 26.8 Å². The third kappa shape index (κ3) is 4.97. The van der Waals surface area contributed by atoms with Crippen molar-refractivity contribution in [3.05, 3.63) is 35.9 Å². The molecule has 0 aliphatic carbocycles. The maximum atomic E-state index is 12.2. The Balaban J connectivity index is 2.04. The molecule has 0 bridgehead atoms. The first-order valence-corrected chi connectivity index (χ1v) is 8.96. The summed E-state index contributed by atoms with van der Waals surface area (Å²) in [6.07, 6.45) is -0.313. The highest BCUT2D eigenvalue weighted by Crippen LogP contribution is 2.31. The Hall–Kier alpha value is -1.55. The fraction of sp³-hybridized carbons (Fsp3) is 0.650. The van der Waals surface area contributed by atoms with Gasteiger partial charge >= 0.3 is 6.09 Å². The number of amides is 1. The van der Waals surface area contributed by atoms with E-state index in [9.17, 15) is 4.79 Å². The molecular weight excluding hydrogens is 300 g/mol. The van der Waals surface area contributed by atoms with Crippen LogP contribution < -0.4 is 5.32 Å². The van der Waals surface area contributed by atoms with Crippen LogP contribution in [0.5, 0.6) is 0 Å². The minimum absolute atomic E-state index is 0.131. The Morgan fingerprint density at radius 2 is 1.79 bits per heavy atom. The summed E-state index contributed by atoms with van der Waals surface area (Å²) in [5, 5.41) is 3.10. The summed E-state index contributed by atoms with van der Waals surface area (Å²) in [7, 11) is 0. The normalized spacial score (nSPS) is 23.3. The number of rotatable bonds is 4. The first kappa shape index (κ1) is 18.8. The molecule has 4 heteroatoms. The summed E-state index contributed by atoms with van der Waals surface area (Å²) in [5.74, 6) is 0.946. The molecule has 0 spiro atoms. The van der Waals surface area contributed by atoms with Gasteiger partial charge in [0.2, 0.25) is 0 Å². The summed E-state index contributed by atoms with van der Waals surface area (Å²) >= 11 is 0. The number of carbonyl (C=O) groups excluding carboxylic acids is 1. The van der Waals surface area contributed by atoms with Gasteiger partial charge in [-0.05, 0) is 45.1 Å². The average Bonchev–Trinajstić information content (AvgIpc) is 2.89. The predicted octanol–water partition coefficient (Wildman–Crippen LogP) is 4.23. The topological polar surface area (TPSA) is 41.6 Å². The molecule has 1 heterocycles. The molecule has 1 fully saturated rings. The van der Waals surface area contributed by atoms with Gasteiger partial charge in [-0.25, -0.2) is 4.79 Å². The van der Waals surface area contributed by atoms with Crippen LogP contribution in [0.1, 0.15) is 53.1 Å². The third-order valence-electron chi connectivity index (χ3n) is 4.78. The van der Waals surface area contributed by atoms with Crippen LogP contribution in [0.2, 0.25) is 0 Å². The van der Waals surface area contributed by atoms with E-state index in [1.54, 1.807) is 0 Å². The van der Waals surface area contributed by atoms with Crippen molar-refractivity contribution in [1.29, 1.82) is 0 Å². The van der Waals surface area contributed by atoms with Crippen molar-refractivity contribution in [2.24, 2.45) is 11.8 Å². The second-order valence-electron chi connectivity index (χ2n) is 8.20. The summed E-state index contributed by atoms with van der Waals surface area (Å²) in [6.45, 7) is 14.2. The van der Waals surface area contributed by atoms with Crippen molar-refractivity contribution in [3.63, 3.8) is 0 Å². The highest BCUT2D eigenvalue weighted by Gasteiger charge is 2.38. The van der Waals surface area contributed by atoms with Crippen LogP contribution in [0.15, 0.2) is 30.3 Å². The second-order valence-corrected chi connectivity index (χ2v) is 8.20. The van der Waals surface area contributed by atoms with Crippen molar-refractivity contribution in [2.75, 3.05) is 13.1 Å². The second kappa shape index (κ2) is 7.56. The van der Waals surface area contributed by atoms with Crippen molar-refractivity contribution >= 4 is 6.09 Å². The number of ether oxygens (including phenoxy) is 1. The lowest BCUT2D eigenvalue weighted by atomic mass is 9.91. The molecule has 4 nitrogen and oxygen atoms in total. The summed E-state index contributed by atoms with van der Waals surface area (Å²) < 4.78 is 5.44. The molecule has 0 saturated carbocycles. The lowest BCUT2D eigenvalue weighted by molar-refractivity contribution is 0.0490. The Labute approximate surface area is 146 Å². The third-order valence-corrected chi connectivity index (χ3v) is 4.78. The van der Waals surface area contributed by atoms with Gasteiger partial charge in [-0.1, -0.05) is 44.2 Å². The largest absolute Gasteiger partial charge is 0.444 e. The van der Waals surface area contributed by atoms with Crippen LogP contribution in [0.4, 0.5) is 4.79 Å². The fourth-order valence-corrected chi connectivity index (χ4v) is 3.41. The number of hydrogen-bond acceptors (Lipinski definition) is 3. The molecule has 1 aromatic rings. The lowest BCUT2D eigenvalue weighted by Gasteiger charge is -2.25. The van der Waals surface area contributed by atoms with E-state index in [1.165, 1.54) is 5.56 Å². The molecule has 1 aromatic carbocycles. The summed E-state index contributed by atoms with van der Waals surface area (Å²) in [4.78, 5) is 14.6. The fourth-order valence-electron chi connectivity index (χ4n) is 3.41. The Bertz CT molecular complexity index is 536. The van der Waals surface area contributed by atoms with E-state index in [2.05, 4.69) is 55.3 Å². The molecule has 2 rings (SSSR count). The number of hydrogen-bond donors (Lipinski definition) is 1. The standard InChI is InChI=1S/C20H32N2O2/c1-14(2)17-12-22(15(3)16-10-8-7-9-11-16)13-18(17)21-19(23)24-20(4,5)6/h7-11,14-15,17-18H,12-13H2,1-6H3,(H,21,23). The number of benzene rings is 1. The van der Waals surface area contributed by atoms with Gasteiger partial charge in [0.1, 0.15) is 5.60 Å². The zero-order valence-corrected chi connectivity index (χ0v) is 15.9. The molecule has 3 unspecified atom stereocenters. The van der Waals surface area contributed by atoms with Crippen LogP contribution in [0.25, 0.3) is 0 Å². The van der Waals surface area contributed by atoms with Gasteiger partial charge in [0, 0.05) is 25.2 Å². The number of nitrogens with zero attached hydrogens (tertiary/aromatic N) is 1. The minimum atomic E-state index is -0.465. The average molecular weight is 332 g/mol. The van der Waals surface area contributed by atoms with Gasteiger partial charge in [-0.3, -0.25) is 4.90 Å². The van der Waals surface area contributed by atoms with Crippen molar-refractivity contribution in [3.8, 4) is 0 Å². The quantitative estimate of drug-likeness (QED) is 0.897. The van der Waals surface area contributed by atoms with E-state index in [4.69, 9.17) is 4.74 Å². The zero-order valence-electron chi connectivity index (χ0n) is 15.9. The smallest absolute Gasteiger partial charge is 0.407 e. The molecule has 3 atom stereocenters. The minimum Gasteiger partial charge on any atom is -0.444 e. The number of nitrogens with one attached hydrogen (secondary N) is 1. The van der Waals surface area contributed by atoms with Crippen LogP contribution in [0, 0.1) is 11.8 Å². The Kier molecular flexibility index (Phi) is 5.92. The molecule has 1 aliphatic heterocycles. The van der Waals surface area contributed by atoms with E-state index in [-0.39, 0.29) is 12.1 Å². The first-order valence-electron chi connectivity index (χ1n) is 8.96. The molecule has 1 amide bonds. The van der Waals surface area contributed by atoms with Crippen LogP contribution in [-0.2, 0) is 4.74 Å². The Morgan fingerprint density at radius 1 is 1.17 bits per heavy atom. The van der Waals surface area contributed by atoms with Gasteiger partial charge < -0.3 is 10.1 Å². The maximum absolute atomic E-state index is 12.2. The van der Waals surface area contributed by atoms with Crippen LogP contribution in [0.3, 0.4) is 0 Å². The molecule has 1 saturated heterocycles. The molecule has 134 valence electrons. The van der Waals surface area contributed by atoms with E-state index in [0.29, 0.717) is 17.9 Å². The van der Waals surface area contributed by atoms with E-state index in [0.717, 1.165) is 13.1 Å². The van der Waals surface area contributed by atoms with E-state index >= 15 is 0 Å². The highest BCUT2D eigenvalue weighted by molar-refractivity contribution is 5.68. The SMILES string of the molecule is CC(C)C1CN(C(C)c2ccccc2)CC1NC(=O)OC(C)(C)C. The number of carbonyl (C=O) groups is 1. The highest BCUT2D eigenvalue weighted by atomic mass is 16.6. The molecule has 1 aliphatic rings. The van der Waals surface area contributed by atoms with Crippen LogP contribution in [-0.4, -0.2) is 35.7 Å². The van der Waals surface area contributed by atoms with Gasteiger partial charge in [-0.2, -0.15) is 0 Å². The summed E-state index contributed by atoms with van der Waals surface area (Å²) in [6, 6.07) is 11.0. The predicted molar refractivity (Wildman–Crippen MR) is 97.9 cm³/mol. The summed E-state index contributed by atoms with van der Waals surface area (Å²) in [5.41, 5.74) is 0.852. The van der Waals surface area contributed by atoms with Gasteiger partial charge in [-0.15, -0.1) is 0 Å². The van der Waals surface area contributed by atoms with Crippen LogP contribution >= 0.6 is 0 Å². The molecule has 0 aromatic heterocycles. The zero-order chi connectivity index (χ0) is 17.9. The van der Waals surface area contributed by atoms with Gasteiger partial charge in [0.15, 0.2) is 0 Å². The van der Waals surface area contributed by atoms with Gasteiger partial charge in [0.05, 0.1) is 0 Å². The number of alkyl carbamates (subject to hydrolysis) is 1. The molecular formula is C20H32N2O2. The number of likely N-dealkylation sites (tertiary alicyclic amines) is 1. The van der Waals surface area contributed by atoms with Crippen molar-refractivity contribution in [2.45, 2.75) is 59.2 Å². The maximum Gasteiger partial charge on any atom is 0.407 e. The van der Waals surface area contributed by atoms with Gasteiger partial charge in [0.25, 0.3) is 0 Å². The van der Waals surface area contributed by atoms with Crippen molar-refractivity contribution < 1.29 is 9.53 Å². The van der Waals surface area contributed by atoms with Crippen molar-refractivity contribution in [1.82, 2.24) is 10.2 Å². The van der Waals surface area contributed by atoms with E-state index < -0.39 is 5.60 Å². The first-order chi connectivity index (χ1) is 11.2.